The maximum atomic E-state index is 11.7. The average molecular weight is 341 g/mol. The fourth-order valence-corrected chi connectivity index (χ4v) is 3.14. The fourth-order valence-electron chi connectivity index (χ4n) is 2.13. The Morgan fingerprint density at radius 2 is 1.92 bits per heavy atom. The first-order valence-corrected chi connectivity index (χ1v) is 8.53. The minimum atomic E-state index is -0.0397. The predicted octanol–water partition coefficient (Wildman–Crippen LogP) is 3.49. The van der Waals surface area contributed by atoms with Crippen molar-refractivity contribution in [3.8, 4) is 0 Å². The molecule has 0 bridgehead atoms. The first-order chi connectivity index (χ1) is 11.5. The summed E-state index contributed by atoms with van der Waals surface area (Å²) in [6, 6.07) is 7.78. The van der Waals surface area contributed by atoms with Gasteiger partial charge in [-0.25, -0.2) is 4.98 Å². The highest BCUT2D eigenvalue weighted by molar-refractivity contribution is 7.99. The molecule has 2 aromatic heterocycles. The lowest BCUT2D eigenvalue weighted by molar-refractivity contribution is -0.118. The van der Waals surface area contributed by atoms with Gasteiger partial charge in [-0.3, -0.25) is 4.79 Å². The highest BCUT2D eigenvalue weighted by Crippen LogP contribution is 2.31. The highest BCUT2D eigenvalue weighted by Gasteiger charge is 2.13. The van der Waals surface area contributed by atoms with Crippen LogP contribution in [0.2, 0.25) is 0 Å². The molecular formula is C17H19N5OS. The van der Waals surface area contributed by atoms with Crippen molar-refractivity contribution in [3.05, 3.63) is 41.9 Å². The average Bonchev–Trinajstić information content (AvgIpc) is 3.01. The fraction of sp³-hybridized carbons (Fsp3) is 0.294. The van der Waals surface area contributed by atoms with Gasteiger partial charge in [0.05, 0.1) is 0 Å². The molecule has 1 amide bonds. The maximum absolute atomic E-state index is 11.7. The molecule has 0 aliphatic rings. The van der Waals surface area contributed by atoms with Gasteiger partial charge < -0.3 is 5.32 Å². The van der Waals surface area contributed by atoms with Gasteiger partial charge in [-0.2, -0.15) is 14.6 Å². The van der Waals surface area contributed by atoms with Crippen LogP contribution in [-0.4, -0.2) is 25.5 Å². The molecule has 124 valence electrons. The number of carbonyl (C=O) groups is 1. The number of nitrogens with zero attached hydrogens (tertiary/aromatic N) is 4. The molecule has 0 atom stereocenters. The van der Waals surface area contributed by atoms with E-state index in [1.807, 2.05) is 52.0 Å². The Bertz CT molecular complexity index is 886. The quantitative estimate of drug-likeness (QED) is 0.736. The number of hydrogen-bond donors (Lipinski definition) is 1. The van der Waals surface area contributed by atoms with E-state index in [1.165, 1.54) is 6.33 Å². The minimum absolute atomic E-state index is 0.0142. The van der Waals surface area contributed by atoms with Crippen LogP contribution in [0.1, 0.15) is 25.1 Å². The number of nitrogens with one attached hydrogen (secondary N) is 1. The Labute approximate surface area is 144 Å². The van der Waals surface area contributed by atoms with E-state index >= 15 is 0 Å². The largest absolute Gasteiger partial charge is 0.326 e. The van der Waals surface area contributed by atoms with Crippen molar-refractivity contribution in [2.75, 3.05) is 5.32 Å². The van der Waals surface area contributed by atoms with Crippen LogP contribution in [0, 0.1) is 19.8 Å². The summed E-state index contributed by atoms with van der Waals surface area (Å²) in [4.78, 5) is 21.4. The van der Waals surface area contributed by atoms with Gasteiger partial charge in [0.15, 0.2) is 0 Å². The summed E-state index contributed by atoms with van der Waals surface area (Å²) in [5.41, 5.74) is 2.82. The van der Waals surface area contributed by atoms with Crippen LogP contribution in [0.5, 0.6) is 0 Å². The number of amides is 1. The van der Waals surface area contributed by atoms with E-state index in [2.05, 4.69) is 20.4 Å². The van der Waals surface area contributed by atoms with Crippen molar-refractivity contribution in [2.45, 2.75) is 37.6 Å². The molecule has 6 nitrogen and oxygen atoms in total. The zero-order valence-electron chi connectivity index (χ0n) is 14.1. The van der Waals surface area contributed by atoms with Crippen molar-refractivity contribution >= 4 is 29.1 Å². The summed E-state index contributed by atoms with van der Waals surface area (Å²) in [6.07, 6.45) is 1.51. The van der Waals surface area contributed by atoms with Crippen LogP contribution < -0.4 is 5.32 Å². The summed E-state index contributed by atoms with van der Waals surface area (Å²) < 4.78 is 1.75. The number of carbonyl (C=O) groups excluding carboxylic acids is 1. The molecule has 0 unspecified atom stereocenters. The van der Waals surface area contributed by atoms with Crippen molar-refractivity contribution in [1.29, 1.82) is 0 Å². The molecule has 0 aliphatic heterocycles. The summed E-state index contributed by atoms with van der Waals surface area (Å²) in [5.74, 6) is 0.573. The molecular weight excluding hydrogens is 322 g/mol. The van der Waals surface area contributed by atoms with Crippen molar-refractivity contribution < 1.29 is 4.79 Å². The van der Waals surface area contributed by atoms with Crippen LogP contribution in [0.25, 0.3) is 5.78 Å². The third kappa shape index (κ3) is 3.26. The van der Waals surface area contributed by atoms with Crippen molar-refractivity contribution in [2.24, 2.45) is 5.92 Å². The molecule has 2 heterocycles. The van der Waals surface area contributed by atoms with E-state index in [9.17, 15) is 4.79 Å². The van der Waals surface area contributed by atoms with Crippen molar-refractivity contribution in [3.63, 3.8) is 0 Å². The van der Waals surface area contributed by atoms with Gasteiger partial charge in [0.1, 0.15) is 11.4 Å². The SMILES string of the molecule is Cc1nc2ncnn2c(Sc2ccc(NC(=O)C(C)C)cc2)c1C. The van der Waals surface area contributed by atoms with Gasteiger partial charge in [0.2, 0.25) is 5.91 Å². The maximum Gasteiger partial charge on any atom is 0.253 e. The number of fused-ring (bicyclic) bond motifs is 1. The third-order valence-electron chi connectivity index (χ3n) is 3.71. The zero-order chi connectivity index (χ0) is 17.3. The van der Waals surface area contributed by atoms with Crippen LogP contribution in [0.3, 0.4) is 0 Å². The molecule has 0 aliphatic carbocycles. The van der Waals surface area contributed by atoms with E-state index in [1.54, 1.807) is 16.3 Å². The van der Waals surface area contributed by atoms with Crippen LogP contribution >= 0.6 is 11.8 Å². The molecule has 0 fully saturated rings. The molecule has 7 heteroatoms. The summed E-state index contributed by atoms with van der Waals surface area (Å²) >= 11 is 1.60. The molecule has 0 saturated heterocycles. The second-order valence-corrected chi connectivity index (χ2v) is 6.93. The highest BCUT2D eigenvalue weighted by atomic mass is 32.2. The Morgan fingerprint density at radius 1 is 1.21 bits per heavy atom. The Balaban J connectivity index is 1.86. The standard InChI is InChI=1S/C17H19N5OS/c1-10(2)15(23)21-13-5-7-14(8-6-13)24-16-11(3)12(4)20-17-18-9-19-22(16)17/h5-10H,1-4H3,(H,21,23). The number of hydrogen-bond acceptors (Lipinski definition) is 5. The molecule has 1 N–H and O–H groups in total. The monoisotopic (exact) mass is 341 g/mol. The topological polar surface area (TPSA) is 72.2 Å². The van der Waals surface area contributed by atoms with E-state index in [0.29, 0.717) is 5.78 Å². The molecule has 3 rings (SSSR count). The normalized spacial score (nSPS) is 11.2. The molecule has 0 radical (unpaired) electrons. The van der Waals surface area contributed by atoms with Gasteiger partial charge in [0.25, 0.3) is 5.78 Å². The Morgan fingerprint density at radius 3 is 2.58 bits per heavy atom. The summed E-state index contributed by atoms with van der Waals surface area (Å²) in [5, 5.41) is 8.15. The lowest BCUT2D eigenvalue weighted by atomic mass is 10.2. The molecule has 24 heavy (non-hydrogen) atoms. The zero-order valence-corrected chi connectivity index (χ0v) is 14.9. The second-order valence-electron chi connectivity index (χ2n) is 5.87. The number of rotatable bonds is 4. The molecule has 0 saturated carbocycles. The molecule has 3 aromatic rings. The predicted molar refractivity (Wildman–Crippen MR) is 94.3 cm³/mol. The van der Waals surface area contributed by atoms with E-state index in [-0.39, 0.29) is 11.8 Å². The molecule has 1 aromatic carbocycles. The summed E-state index contributed by atoms with van der Waals surface area (Å²) in [7, 11) is 0. The third-order valence-corrected chi connectivity index (χ3v) is 4.89. The lowest BCUT2D eigenvalue weighted by Crippen LogP contribution is -2.17. The van der Waals surface area contributed by atoms with Gasteiger partial charge in [-0.05, 0) is 38.1 Å². The number of benzene rings is 1. The minimum Gasteiger partial charge on any atom is -0.326 e. The number of aryl methyl sites for hydroxylation is 1. The van der Waals surface area contributed by atoms with Gasteiger partial charge in [0, 0.05) is 27.8 Å². The first-order valence-electron chi connectivity index (χ1n) is 7.71. The number of anilines is 1. The smallest absolute Gasteiger partial charge is 0.253 e. The van der Waals surface area contributed by atoms with Gasteiger partial charge >= 0.3 is 0 Å². The summed E-state index contributed by atoms with van der Waals surface area (Å²) in [6.45, 7) is 7.75. The second kappa shape index (κ2) is 6.60. The van der Waals surface area contributed by atoms with E-state index < -0.39 is 0 Å². The van der Waals surface area contributed by atoms with Gasteiger partial charge in [-0.15, -0.1) is 0 Å². The van der Waals surface area contributed by atoms with Crippen LogP contribution in [0.15, 0.2) is 40.5 Å². The van der Waals surface area contributed by atoms with E-state index in [4.69, 9.17) is 0 Å². The first kappa shape index (κ1) is 16.4. The Kier molecular flexibility index (Phi) is 4.53. The van der Waals surface area contributed by atoms with Gasteiger partial charge in [-0.1, -0.05) is 25.6 Å². The Hall–Kier alpha value is -2.41. The molecule has 0 spiro atoms. The lowest BCUT2D eigenvalue weighted by Gasteiger charge is -2.11. The van der Waals surface area contributed by atoms with Crippen LogP contribution in [-0.2, 0) is 4.79 Å². The number of aromatic nitrogens is 4. The van der Waals surface area contributed by atoms with E-state index in [0.717, 1.165) is 26.9 Å². The van der Waals surface area contributed by atoms with Crippen molar-refractivity contribution in [1.82, 2.24) is 19.6 Å². The van der Waals surface area contributed by atoms with Crippen LogP contribution in [0.4, 0.5) is 5.69 Å².